The molecular formula is C27H31N3O4. The molecule has 34 heavy (non-hydrogen) atoms. The van der Waals surface area contributed by atoms with Crippen molar-refractivity contribution in [3.63, 3.8) is 0 Å². The number of carboxylic acids is 1. The third-order valence-corrected chi connectivity index (χ3v) is 6.35. The summed E-state index contributed by atoms with van der Waals surface area (Å²) in [7, 11) is 0. The molecule has 4 rings (SSSR count). The lowest BCUT2D eigenvalue weighted by Gasteiger charge is -2.32. The zero-order chi connectivity index (χ0) is 24.2. The lowest BCUT2D eigenvalue weighted by atomic mass is 9.82. The number of amides is 1. The van der Waals surface area contributed by atoms with E-state index in [2.05, 4.69) is 12.0 Å². The molecule has 1 aliphatic carbocycles. The number of carbonyl (C=O) groups excluding carboxylic acids is 1. The first-order valence-corrected chi connectivity index (χ1v) is 11.8. The molecule has 3 aromatic rings. The molecular weight excluding hydrogens is 430 g/mol. The van der Waals surface area contributed by atoms with Gasteiger partial charge in [-0.1, -0.05) is 25.1 Å². The maximum atomic E-state index is 13.5. The molecule has 1 aromatic heterocycles. The predicted octanol–water partition coefficient (Wildman–Crippen LogP) is 5.93. The largest absolute Gasteiger partial charge is 0.477 e. The second kappa shape index (κ2) is 10.1. The normalized spacial score (nSPS) is 18.0. The zero-order valence-electron chi connectivity index (χ0n) is 19.8. The molecule has 0 spiro atoms. The molecule has 7 heteroatoms. The monoisotopic (exact) mass is 461 g/mol. The van der Waals surface area contributed by atoms with Crippen LogP contribution < -0.4 is 9.64 Å². The lowest BCUT2D eigenvalue weighted by molar-refractivity contribution is -0.123. The predicted molar refractivity (Wildman–Crippen MR) is 131 cm³/mol. The van der Waals surface area contributed by atoms with Crippen molar-refractivity contribution in [2.75, 3.05) is 4.90 Å². The Kier molecular flexibility index (Phi) is 7.01. The molecule has 7 nitrogen and oxygen atoms in total. The van der Waals surface area contributed by atoms with Gasteiger partial charge in [0, 0.05) is 18.2 Å². The van der Waals surface area contributed by atoms with Crippen molar-refractivity contribution < 1.29 is 19.4 Å². The third-order valence-electron chi connectivity index (χ3n) is 6.35. The third kappa shape index (κ3) is 5.14. The summed E-state index contributed by atoms with van der Waals surface area (Å²) in [5.74, 6) is 0.955. The minimum atomic E-state index is -1.11. The fourth-order valence-electron chi connectivity index (χ4n) is 4.42. The van der Waals surface area contributed by atoms with Crippen molar-refractivity contribution in [2.45, 2.75) is 52.5 Å². The fourth-order valence-corrected chi connectivity index (χ4v) is 4.42. The van der Waals surface area contributed by atoms with Crippen LogP contribution in [0, 0.1) is 11.8 Å². The summed E-state index contributed by atoms with van der Waals surface area (Å²) in [6.45, 7) is 5.99. The van der Waals surface area contributed by atoms with E-state index in [1.165, 1.54) is 10.9 Å². The summed E-state index contributed by atoms with van der Waals surface area (Å²) in [5.41, 5.74) is 0.688. The molecule has 1 amide bonds. The van der Waals surface area contributed by atoms with Gasteiger partial charge in [0.1, 0.15) is 17.1 Å². The lowest BCUT2D eigenvalue weighted by Crippen LogP contribution is -2.43. The van der Waals surface area contributed by atoms with Gasteiger partial charge >= 0.3 is 5.97 Å². The van der Waals surface area contributed by atoms with E-state index in [-0.39, 0.29) is 29.2 Å². The van der Waals surface area contributed by atoms with Crippen LogP contribution in [-0.2, 0) is 4.79 Å². The van der Waals surface area contributed by atoms with Crippen LogP contribution in [0.4, 0.5) is 5.82 Å². The van der Waals surface area contributed by atoms with Crippen molar-refractivity contribution in [3.05, 3.63) is 66.4 Å². The van der Waals surface area contributed by atoms with Gasteiger partial charge in [-0.25, -0.2) is 9.48 Å². The summed E-state index contributed by atoms with van der Waals surface area (Å²) < 4.78 is 7.35. The van der Waals surface area contributed by atoms with Gasteiger partial charge in [0.05, 0.1) is 5.69 Å². The van der Waals surface area contributed by atoms with Gasteiger partial charge < -0.3 is 9.84 Å². The first kappa shape index (κ1) is 23.5. The Balaban J connectivity index is 1.61. The van der Waals surface area contributed by atoms with Crippen LogP contribution in [0.15, 0.2) is 60.8 Å². The highest BCUT2D eigenvalue weighted by molar-refractivity contribution is 6.01. The summed E-state index contributed by atoms with van der Waals surface area (Å²) in [6, 6.07) is 16.5. The Labute approximate surface area is 200 Å². The van der Waals surface area contributed by atoms with E-state index < -0.39 is 5.97 Å². The molecule has 0 radical (unpaired) electrons. The number of para-hydroxylation sites is 1. The molecule has 2 aromatic carbocycles. The molecule has 0 atom stereocenters. The van der Waals surface area contributed by atoms with Gasteiger partial charge in [-0.3, -0.25) is 9.69 Å². The second-order valence-electron chi connectivity index (χ2n) is 9.28. The van der Waals surface area contributed by atoms with Crippen molar-refractivity contribution in [3.8, 4) is 17.2 Å². The number of nitrogens with zero attached hydrogens (tertiary/aromatic N) is 3. The molecule has 1 fully saturated rings. The van der Waals surface area contributed by atoms with Crippen LogP contribution in [0.3, 0.4) is 0 Å². The number of aromatic nitrogens is 2. The SMILES string of the molecule is CC1CCC(C(=O)N(c2nn(-c3ccc(Oc4ccccc4)cc3)cc2C(=O)O)C(C)C)CC1. The van der Waals surface area contributed by atoms with Gasteiger partial charge in [0.15, 0.2) is 5.82 Å². The topological polar surface area (TPSA) is 84.7 Å². The summed E-state index contributed by atoms with van der Waals surface area (Å²) in [5, 5.41) is 14.4. The highest BCUT2D eigenvalue weighted by Crippen LogP contribution is 2.33. The van der Waals surface area contributed by atoms with Crippen molar-refractivity contribution in [2.24, 2.45) is 11.8 Å². The summed E-state index contributed by atoms with van der Waals surface area (Å²) in [4.78, 5) is 27.1. The van der Waals surface area contributed by atoms with Crippen LogP contribution in [0.25, 0.3) is 5.69 Å². The van der Waals surface area contributed by atoms with E-state index in [1.54, 1.807) is 17.0 Å². The van der Waals surface area contributed by atoms with Gasteiger partial charge in [-0.05, 0) is 81.8 Å². The number of anilines is 1. The van der Waals surface area contributed by atoms with Gasteiger partial charge in [-0.2, -0.15) is 0 Å². The van der Waals surface area contributed by atoms with E-state index in [0.29, 0.717) is 17.4 Å². The number of carbonyl (C=O) groups is 2. The molecule has 1 saturated carbocycles. The molecule has 1 heterocycles. The molecule has 0 saturated heterocycles. The molecule has 1 aliphatic rings. The number of rotatable bonds is 7. The average Bonchev–Trinajstić information content (AvgIpc) is 3.26. The number of hydrogen-bond acceptors (Lipinski definition) is 4. The van der Waals surface area contributed by atoms with E-state index in [4.69, 9.17) is 4.74 Å². The second-order valence-corrected chi connectivity index (χ2v) is 9.28. The average molecular weight is 462 g/mol. The highest BCUT2D eigenvalue weighted by Gasteiger charge is 2.34. The van der Waals surface area contributed by atoms with E-state index >= 15 is 0 Å². The van der Waals surface area contributed by atoms with E-state index in [1.807, 2.05) is 56.3 Å². The van der Waals surface area contributed by atoms with Crippen LogP contribution in [0.1, 0.15) is 56.8 Å². The van der Waals surface area contributed by atoms with E-state index in [9.17, 15) is 14.7 Å². The Morgan fingerprint density at radius 2 is 1.62 bits per heavy atom. The zero-order valence-corrected chi connectivity index (χ0v) is 19.8. The van der Waals surface area contributed by atoms with Crippen LogP contribution in [0.2, 0.25) is 0 Å². The number of hydrogen-bond donors (Lipinski definition) is 1. The molecule has 178 valence electrons. The van der Waals surface area contributed by atoms with Crippen molar-refractivity contribution in [1.29, 1.82) is 0 Å². The number of benzene rings is 2. The van der Waals surface area contributed by atoms with Crippen LogP contribution in [0.5, 0.6) is 11.5 Å². The molecule has 0 unspecified atom stereocenters. The van der Waals surface area contributed by atoms with Gasteiger partial charge in [0.2, 0.25) is 5.91 Å². The fraction of sp³-hybridized carbons (Fsp3) is 0.370. The Hall–Kier alpha value is -3.61. The molecule has 1 N–H and O–H groups in total. The van der Waals surface area contributed by atoms with E-state index in [0.717, 1.165) is 31.4 Å². The maximum Gasteiger partial charge on any atom is 0.341 e. The van der Waals surface area contributed by atoms with Gasteiger partial charge in [-0.15, -0.1) is 5.10 Å². The van der Waals surface area contributed by atoms with Gasteiger partial charge in [0.25, 0.3) is 0 Å². The maximum absolute atomic E-state index is 13.5. The summed E-state index contributed by atoms with van der Waals surface area (Å²) in [6.07, 6.45) is 5.15. The summed E-state index contributed by atoms with van der Waals surface area (Å²) >= 11 is 0. The quantitative estimate of drug-likeness (QED) is 0.471. The van der Waals surface area contributed by atoms with Crippen molar-refractivity contribution in [1.82, 2.24) is 9.78 Å². The molecule has 0 aliphatic heterocycles. The first-order valence-electron chi connectivity index (χ1n) is 11.8. The molecule has 0 bridgehead atoms. The number of aromatic carboxylic acids is 1. The number of ether oxygens (including phenoxy) is 1. The Bertz CT molecular complexity index is 1130. The number of carboxylic acid groups (broad SMARTS) is 1. The minimum absolute atomic E-state index is 0.0100. The first-order chi connectivity index (χ1) is 16.3. The Morgan fingerprint density at radius 1 is 1.00 bits per heavy atom. The Morgan fingerprint density at radius 3 is 2.21 bits per heavy atom. The van der Waals surface area contributed by atoms with Crippen LogP contribution in [-0.4, -0.2) is 32.8 Å². The minimum Gasteiger partial charge on any atom is -0.477 e. The highest BCUT2D eigenvalue weighted by atomic mass is 16.5. The van der Waals surface area contributed by atoms with Crippen LogP contribution >= 0.6 is 0 Å². The standard InChI is InChI=1S/C27H31N3O4/c1-18(2)30(26(31)20-11-9-19(3)10-12-20)25-24(27(32)33)17-29(28-25)21-13-15-23(16-14-21)34-22-7-5-4-6-8-22/h4-8,13-20H,9-12H2,1-3H3,(H,32,33). The smallest absolute Gasteiger partial charge is 0.341 e. The van der Waals surface area contributed by atoms with Crippen molar-refractivity contribution >= 4 is 17.7 Å².